The minimum atomic E-state index is -0.423. The monoisotopic (exact) mass is 275 g/mol. The highest BCUT2D eigenvalue weighted by Gasteiger charge is 2.15. The van der Waals surface area contributed by atoms with Crippen LogP contribution in [0, 0.1) is 0 Å². The number of rotatable bonds is 4. The second kappa shape index (κ2) is 5.60. The van der Waals surface area contributed by atoms with Gasteiger partial charge in [-0.3, -0.25) is 9.89 Å². The molecule has 7 heteroatoms. The van der Waals surface area contributed by atoms with Crippen LogP contribution in [0.4, 0.5) is 11.4 Å². The van der Waals surface area contributed by atoms with E-state index < -0.39 is 5.91 Å². The van der Waals surface area contributed by atoms with Gasteiger partial charge in [-0.1, -0.05) is 13.8 Å². The lowest BCUT2D eigenvalue weighted by molar-refractivity contribution is 0.101. The number of hydrogen-bond donors (Lipinski definition) is 3. The van der Waals surface area contributed by atoms with Gasteiger partial charge in [-0.05, 0) is 12.1 Å². The van der Waals surface area contributed by atoms with Crippen molar-refractivity contribution in [2.24, 2.45) is 0 Å². The van der Waals surface area contributed by atoms with Crippen LogP contribution < -0.4 is 15.8 Å². The Bertz CT molecular complexity index is 621. The third kappa shape index (κ3) is 2.87. The van der Waals surface area contributed by atoms with Crippen molar-refractivity contribution < 1.29 is 9.53 Å². The Kier molecular flexibility index (Phi) is 3.88. The maximum absolute atomic E-state index is 12.0. The van der Waals surface area contributed by atoms with E-state index >= 15 is 0 Å². The van der Waals surface area contributed by atoms with E-state index in [4.69, 9.17) is 10.5 Å². The molecule has 0 aliphatic carbocycles. The van der Waals surface area contributed by atoms with Gasteiger partial charge in [0.1, 0.15) is 11.6 Å². The average Bonchev–Trinajstić information content (AvgIpc) is 2.91. The van der Waals surface area contributed by atoms with Gasteiger partial charge in [0.25, 0.3) is 5.91 Å². The number of carbonyl (C=O) groups excluding carboxylic acids is 1. The van der Waals surface area contributed by atoms with E-state index in [2.05, 4.69) is 20.5 Å². The third-order valence-electron chi connectivity index (χ3n) is 2.76. The molecule has 2 aromatic rings. The van der Waals surface area contributed by atoms with Crippen molar-refractivity contribution in [3.63, 3.8) is 0 Å². The predicted molar refractivity (Wildman–Crippen MR) is 75.8 cm³/mol. The van der Waals surface area contributed by atoms with Gasteiger partial charge in [0.15, 0.2) is 0 Å². The van der Waals surface area contributed by atoms with E-state index in [0.29, 0.717) is 22.9 Å². The molecule has 106 valence electrons. The van der Waals surface area contributed by atoms with Gasteiger partial charge in [0.05, 0.1) is 18.5 Å². The van der Waals surface area contributed by atoms with Gasteiger partial charge in [-0.15, -0.1) is 5.10 Å². The molecule has 1 amide bonds. The Balaban J connectivity index is 2.18. The number of hydrogen-bond acceptors (Lipinski definition) is 5. The van der Waals surface area contributed by atoms with Gasteiger partial charge in [-0.25, -0.2) is 4.98 Å². The summed E-state index contributed by atoms with van der Waals surface area (Å²) in [6.45, 7) is 3.92. The number of anilines is 2. The SMILES string of the molecule is COc1ccc(N)c(NC(=O)c2n[nH]c(C(C)C)n2)c1. The van der Waals surface area contributed by atoms with Crippen LogP contribution in [0.15, 0.2) is 18.2 Å². The van der Waals surface area contributed by atoms with Crippen LogP contribution in [0.5, 0.6) is 5.75 Å². The van der Waals surface area contributed by atoms with E-state index in [1.807, 2.05) is 13.8 Å². The van der Waals surface area contributed by atoms with Crippen molar-refractivity contribution >= 4 is 17.3 Å². The molecule has 0 unspecified atom stereocenters. The second-order valence-electron chi connectivity index (χ2n) is 4.61. The van der Waals surface area contributed by atoms with Crippen LogP contribution in [0.2, 0.25) is 0 Å². The fourth-order valence-corrected chi connectivity index (χ4v) is 1.58. The van der Waals surface area contributed by atoms with E-state index in [0.717, 1.165) is 0 Å². The van der Waals surface area contributed by atoms with Crippen molar-refractivity contribution in [3.8, 4) is 5.75 Å². The zero-order valence-electron chi connectivity index (χ0n) is 11.6. The zero-order valence-corrected chi connectivity index (χ0v) is 11.6. The maximum atomic E-state index is 12.0. The van der Waals surface area contributed by atoms with Crippen molar-refractivity contribution in [1.29, 1.82) is 0 Å². The minimum absolute atomic E-state index is 0.0796. The first kappa shape index (κ1) is 13.9. The molecule has 0 aliphatic heterocycles. The number of aromatic nitrogens is 3. The third-order valence-corrected chi connectivity index (χ3v) is 2.76. The van der Waals surface area contributed by atoms with E-state index in [9.17, 15) is 4.79 Å². The van der Waals surface area contributed by atoms with E-state index in [1.165, 1.54) is 0 Å². The molecule has 0 saturated heterocycles. The van der Waals surface area contributed by atoms with Crippen molar-refractivity contribution in [2.75, 3.05) is 18.2 Å². The molecule has 1 aromatic carbocycles. The number of nitrogens with zero attached hydrogens (tertiary/aromatic N) is 2. The number of H-pyrrole nitrogens is 1. The van der Waals surface area contributed by atoms with Gasteiger partial charge in [0.2, 0.25) is 5.82 Å². The van der Waals surface area contributed by atoms with Crippen LogP contribution in [0.3, 0.4) is 0 Å². The number of carbonyl (C=O) groups is 1. The fraction of sp³-hybridized carbons (Fsp3) is 0.308. The molecule has 4 N–H and O–H groups in total. The average molecular weight is 275 g/mol. The molecule has 0 bridgehead atoms. The zero-order chi connectivity index (χ0) is 14.7. The minimum Gasteiger partial charge on any atom is -0.497 e. The van der Waals surface area contributed by atoms with E-state index in [1.54, 1.807) is 25.3 Å². The second-order valence-corrected chi connectivity index (χ2v) is 4.61. The largest absolute Gasteiger partial charge is 0.497 e. The highest BCUT2D eigenvalue weighted by molar-refractivity contribution is 6.03. The van der Waals surface area contributed by atoms with Crippen molar-refractivity contribution in [2.45, 2.75) is 19.8 Å². The first-order chi connectivity index (χ1) is 9.51. The van der Waals surface area contributed by atoms with Gasteiger partial charge < -0.3 is 15.8 Å². The smallest absolute Gasteiger partial charge is 0.295 e. The molecule has 0 atom stereocenters. The normalized spacial score (nSPS) is 10.6. The molecular weight excluding hydrogens is 258 g/mol. The summed E-state index contributed by atoms with van der Waals surface area (Å²) >= 11 is 0. The van der Waals surface area contributed by atoms with E-state index in [-0.39, 0.29) is 11.7 Å². The Labute approximate surface area is 116 Å². The summed E-state index contributed by atoms with van der Waals surface area (Å²) in [4.78, 5) is 16.2. The summed E-state index contributed by atoms with van der Waals surface area (Å²) < 4.78 is 5.09. The van der Waals surface area contributed by atoms with Crippen LogP contribution in [0.25, 0.3) is 0 Å². The van der Waals surface area contributed by atoms with Crippen LogP contribution in [-0.4, -0.2) is 28.2 Å². The van der Waals surface area contributed by atoms with Crippen molar-refractivity contribution in [1.82, 2.24) is 15.2 Å². The maximum Gasteiger partial charge on any atom is 0.295 e. The Morgan fingerprint density at radius 3 is 2.80 bits per heavy atom. The van der Waals surface area contributed by atoms with Gasteiger partial charge >= 0.3 is 0 Å². The number of nitrogen functional groups attached to an aromatic ring is 1. The number of nitrogens with one attached hydrogen (secondary N) is 2. The summed E-state index contributed by atoms with van der Waals surface area (Å²) in [5.41, 5.74) is 6.71. The summed E-state index contributed by atoms with van der Waals surface area (Å²) in [5, 5.41) is 9.28. The van der Waals surface area contributed by atoms with Crippen molar-refractivity contribution in [3.05, 3.63) is 29.8 Å². The molecule has 0 saturated carbocycles. The lowest BCUT2D eigenvalue weighted by Crippen LogP contribution is -2.15. The Hall–Kier alpha value is -2.57. The molecule has 1 aromatic heterocycles. The molecule has 0 fully saturated rings. The summed E-state index contributed by atoms with van der Waals surface area (Å²) in [6.07, 6.45) is 0. The van der Waals surface area contributed by atoms with Crippen LogP contribution in [0.1, 0.15) is 36.2 Å². The number of ether oxygens (including phenoxy) is 1. The molecule has 20 heavy (non-hydrogen) atoms. The lowest BCUT2D eigenvalue weighted by Gasteiger charge is -2.08. The first-order valence-corrected chi connectivity index (χ1v) is 6.18. The summed E-state index contributed by atoms with van der Waals surface area (Å²) in [5.74, 6) is 1.09. The molecule has 1 heterocycles. The van der Waals surface area contributed by atoms with Gasteiger partial charge in [-0.2, -0.15) is 0 Å². The lowest BCUT2D eigenvalue weighted by atomic mass is 10.2. The highest BCUT2D eigenvalue weighted by atomic mass is 16.5. The number of benzene rings is 1. The molecular formula is C13H17N5O2. The Morgan fingerprint density at radius 1 is 1.45 bits per heavy atom. The Morgan fingerprint density at radius 2 is 2.20 bits per heavy atom. The molecule has 0 radical (unpaired) electrons. The first-order valence-electron chi connectivity index (χ1n) is 6.18. The molecule has 0 aliphatic rings. The molecule has 2 rings (SSSR count). The standard InChI is InChI=1S/C13H17N5O2/c1-7(2)11-16-12(18-17-11)13(19)15-10-6-8(20-3)4-5-9(10)14/h4-7H,14H2,1-3H3,(H,15,19)(H,16,17,18). The predicted octanol–water partition coefficient (Wildman–Crippen LogP) is 1.77. The molecule has 0 spiro atoms. The summed E-state index contributed by atoms with van der Waals surface area (Å²) in [7, 11) is 1.54. The fourth-order valence-electron chi connectivity index (χ4n) is 1.58. The topological polar surface area (TPSA) is 106 Å². The molecule has 7 nitrogen and oxygen atoms in total. The van der Waals surface area contributed by atoms with Gasteiger partial charge in [0, 0.05) is 12.0 Å². The van der Waals surface area contributed by atoms with Crippen LogP contribution in [-0.2, 0) is 0 Å². The quantitative estimate of drug-likeness (QED) is 0.737. The van der Waals surface area contributed by atoms with Crippen LogP contribution >= 0.6 is 0 Å². The number of methoxy groups -OCH3 is 1. The number of nitrogens with two attached hydrogens (primary N) is 1. The number of aromatic amines is 1. The highest BCUT2D eigenvalue weighted by Crippen LogP contribution is 2.24. The summed E-state index contributed by atoms with van der Waals surface area (Å²) in [6, 6.07) is 5.02. The number of amides is 1.